The Kier molecular flexibility index (Phi) is 6.41. The highest BCUT2D eigenvalue weighted by Crippen LogP contribution is 2.31. The third-order valence-corrected chi connectivity index (χ3v) is 6.61. The highest BCUT2D eigenvalue weighted by Gasteiger charge is 2.25. The van der Waals surface area contributed by atoms with Gasteiger partial charge in [-0.15, -0.1) is 10.2 Å². The van der Waals surface area contributed by atoms with Gasteiger partial charge in [-0.1, -0.05) is 0 Å². The molecule has 4 aromatic heterocycles. The number of amides is 1. The van der Waals surface area contributed by atoms with E-state index in [0.717, 1.165) is 24.5 Å². The highest BCUT2D eigenvalue weighted by molar-refractivity contribution is 6.13. The van der Waals surface area contributed by atoms with Crippen molar-refractivity contribution in [1.82, 2.24) is 34.9 Å². The average molecular weight is 535 g/mol. The summed E-state index contributed by atoms with van der Waals surface area (Å²) in [6, 6.07) is 11.1. The summed E-state index contributed by atoms with van der Waals surface area (Å²) in [6.45, 7) is 7.84. The zero-order valence-corrected chi connectivity index (χ0v) is 22.2. The van der Waals surface area contributed by atoms with Crippen LogP contribution in [0.15, 0.2) is 55.1 Å². The summed E-state index contributed by atoms with van der Waals surface area (Å²) < 4.78 is 7.72. The normalized spacial score (nSPS) is 17.1. The molecule has 12 nitrogen and oxygen atoms in total. The zero-order chi connectivity index (χ0) is 27.8. The number of pyridine rings is 1. The van der Waals surface area contributed by atoms with Crippen molar-refractivity contribution in [3.8, 4) is 17.7 Å². The molecule has 1 aliphatic rings. The Labute approximate surface area is 229 Å². The maximum atomic E-state index is 13.6. The molecule has 0 aliphatic carbocycles. The van der Waals surface area contributed by atoms with Gasteiger partial charge in [0.05, 0.1) is 22.6 Å². The molecule has 0 spiro atoms. The lowest BCUT2D eigenvalue weighted by Gasteiger charge is -2.38. The smallest absolute Gasteiger partial charge is 0.257 e. The second kappa shape index (κ2) is 10.2. The van der Waals surface area contributed by atoms with Crippen LogP contribution >= 0.6 is 0 Å². The van der Waals surface area contributed by atoms with Gasteiger partial charge in [0.2, 0.25) is 5.88 Å². The van der Waals surface area contributed by atoms with Crippen LogP contribution in [0.1, 0.15) is 35.6 Å². The Bertz CT molecular complexity index is 1770. The minimum absolute atomic E-state index is 0.178. The number of carbonyl (C=O) groups is 1. The number of rotatable bonds is 5. The molecule has 200 valence electrons. The maximum absolute atomic E-state index is 13.6. The summed E-state index contributed by atoms with van der Waals surface area (Å²) in [5, 5.41) is 23.3. The molecule has 0 bridgehead atoms. The molecule has 6 rings (SSSR count). The lowest BCUT2D eigenvalue weighted by molar-refractivity contribution is 0.102. The van der Waals surface area contributed by atoms with Gasteiger partial charge in [-0.2, -0.15) is 5.26 Å². The van der Waals surface area contributed by atoms with Gasteiger partial charge in [-0.25, -0.2) is 4.98 Å². The van der Waals surface area contributed by atoms with Gasteiger partial charge in [-0.3, -0.25) is 14.8 Å². The number of aromatic nitrogens is 6. The van der Waals surface area contributed by atoms with Crippen LogP contribution in [0.2, 0.25) is 0 Å². The summed E-state index contributed by atoms with van der Waals surface area (Å²) in [5.41, 5.74) is 4.55. The van der Waals surface area contributed by atoms with Gasteiger partial charge in [-0.05, 0) is 39.0 Å². The summed E-state index contributed by atoms with van der Waals surface area (Å²) in [7, 11) is 0. The van der Waals surface area contributed by atoms with Gasteiger partial charge in [0, 0.05) is 62.1 Å². The standard InChI is InChI=1S/C28H26N10O2/c1-16-12-37(13-17(2)32-16)22-6-5-21(25-26(22)31-9-8-30-25)28(39)34-20-10-23(27-33-18(3)14-38(27)15-20)40-24-7-4-19(11-29)35-36-24/h4-10,14-17,32H,12-13H2,1-3H3,(H,34,39)/t16-,17-/m0/s1. The molecule has 2 N–H and O–H groups in total. The van der Waals surface area contributed by atoms with Gasteiger partial charge >= 0.3 is 0 Å². The Morgan fingerprint density at radius 2 is 1.85 bits per heavy atom. The summed E-state index contributed by atoms with van der Waals surface area (Å²) >= 11 is 0. The number of piperazine rings is 1. The van der Waals surface area contributed by atoms with Crippen molar-refractivity contribution < 1.29 is 9.53 Å². The van der Waals surface area contributed by atoms with Gasteiger partial charge in [0.15, 0.2) is 17.1 Å². The maximum Gasteiger partial charge on any atom is 0.257 e. The van der Waals surface area contributed by atoms with Crippen molar-refractivity contribution in [2.24, 2.45) is 0 Å². The molecule has 1 saturated heterocycles. The molecule has 0 saturated carbocycles. The number of aryl methyl sites for hydroxylation is 1. The Morgan fingerprint density at radius 1 is 1.07 bits per heavy atom. The third kappa shape index (κ3) is 4.85. The van der Waals surface area contributed by atoms with Crippen LogP contribution in [0.3, 0.4) is 0 Å². The monoisotopic (exact) mass is 534 g/mol. The van der Waals surface area contributed by atoms with E-state index in [1.54, 1.807) is 41.2 Å². The molecule has 0 unspecified atom stereocenters. The minimum atomic E-state index is -0.334. The molecule has 2 atom stereocenters. The van der Waals surface area contributed by atoms with E-state index in [1.165, 1.54) is 6.07 Å². The number of imidazole rings is 1. The number of anilines is 2. The minimum Gasteiger partial charge on any atom is -0.434 e. The number of hydrogen-bond acceptors (Lipinski definition) is 10. The number of nitriles is 1. The van der Waals surface area contributed by atoms with Crippen LogP contribution in [0.5, 0.6) is 11.6 Å². The van der Waals surface area contributed by atoms with Gasteiger partial charge in [0.25, 0.3) is 5.91 Å². The fourth-order valence-electron chi connectivity index (χ4n) is 5.08. The van der Waals surface area contributed by atoms with Crippen LogP contribution < -0.4 is 20.3 Å². The van der Waals surface area contributed by atoms with Crippen LogP contribution in [0.25, 0.3) is 16.7 Å². The number of hydrogen-bond donors (Lipinski definition) is 2. The second-order valence-electron chi connectivity index (χ2n) is 9.89. The second-order valence-corrected chi connectivity index (χ2v) is 9.89. The predicted molar refractivity (Wildman–Crippen MR) is 149 cm³/mol. The van der Waals surface area contributed by atoms with Crippen molar-refractivity contribution in [2.45, 2.75) is 32.9 Å². The van der Waals surface area contributed by atoms with Crippen molar-refractivity contribution in [3.63, 3.8) is 0 Å². The number of ether oxygens (including phenoxy) is 1. The van der Waals surface area contributed by atoms with Crippen LogP contribution in [-0.4, -0.2) is 60.6 Å². The van der Waals surface area contributed by atoms with Crippen molar-refractivity contribution >= 4 is 34.0 Å². The van der Waals surface area contributed by atoms with E-state index in [2.05, 4.69) is 54.5 Å². The number of nitrogens with zero attached hydrogens (tertiary/aromatic N) is 8. The number of fused-ring (bicyclic) bond motifs is 2. The first kappa shape index (κ1) is 25.1. The predicted octanol–water partition coefficient (Wildman–Crippen LogP) is 3.48. The largest absolute Gasteiger partial charge is 0.434 e. The topological polar surface area (TPSA) is 146 Å². The van der Waals surface area contributed by atoms with E-state index in [9.17, 15) is 4.79 Å². The quantitative estimate of drug-likeness (QED) is 0.343. The molecule has 1 amide bonds. The number of benzene rings is 1. The lowest BCUT2D eigenvalue weighted by atomic mass is 10.1. The van der Waals surface area contributed by atoms with E-state index in [1.807, 2.05) is 25.3 Å². The number of nitrogens with one attached hydrogen (secondary N) is 2. The highest BCUT2D eigenvalue weighted by atomic mass is 16.5. The summed E-state index contributed by atoms with van der Waals surface area (Å²) in [5.74, 6) is 0.227. The summed E-state index contributed by atoms with van der Waals surface area (Å²) in [4.78, 5) is 29.5. The molecule has 40 heavy (non-hydrogen) atoms. The first-order valence-corrected chi connectivity index (χ1v) is 12.8. The van der Waals surface area contributed by atoms with Crippen LogP contribution in [0.4, 0.5) is 11.4 Å². The van der Waals surface area contributed by atoms with Crippen LogP contribution in [0, 0.1) is 18.3 Å². The molecule has 12 heteroatoms. The molecule has 5 aromatic rings. The Hall–Kier alpha value is -5.15. The molecule has 1 aliphatic heterocycles. The molecular weight excluding hydrogens is 508 g/mol. The van der Waals surface area contributed by atoms with E-state index in [4.69, 9.17) is 10.00 Å². The fourth-order valence-corrected chi connectivity index (χ4v) is 5.08. The average Bonchev–Trinajstić information content (AvgIpc) is 3.32. The lowest BCUT2D eigenvalue weighted by Crippen LogP contribution is -2.54. The van der Waals surface area contributed by atoms with Gasteiger partial charge < -0.3 is 24.7 Å². The fraction of sp³-hybridized carbons (Fsp3) is 0.250. The SMILES string of the molecule is Cc1cn2cc(NC(=O)c3ccc(N4C[C@H](C)N[C@@H](C)C4)c4nccnc34)cc(Oc3ccc(C#N)nn3)c2n1. The molecule has 1 fully saturated rings. The Balaban J connectivity index is 1.33. The van der Waals surface area contributed by atoms with E-state index < -0.39 is 0 Å². The molecule has 1 aromatic carbocycles. The van der Waals surface area contributed by atoms with Crippen LogP contribution in [-0.2, 0) is 0 Å². The molecule has 5 heterocycles. The third-order valence-electron chi connectivity index (χ3n) is 6.61. The van der Waals surface area contributed by atoms with E-state index in [-0.39, 0.29) is 17.5 Å². The van der Waals surface area contributed by atoms with Crippen molar-refractivity contribution in [2.75, 3.05) is 23.3 Å². The molecular formula is C28H26N10O2. The number of carbonyl (C=O) groups excluding carboxylic acids is 1. The van der Waals surface area contributed by atoms with E-state index >= 15 is 0 Å². The van der Waals surface area contributed by atoms with Crippen molar-refractivity contribution in [3.05, 3.63) is 72.1 Å². The first-order valence-electron chi connectivity index (χ1n) is 12.8. The Morgan fingerprint density at radius 3 is 2.58 bits per heavy atom. The molecule has 0 radical (unpaired) electrons. The van der Waals surface area contributed by atoms with Crippen molar-refractivity contribution in [1.29, 1.82) is 5.26 Å². The van der Waals surface area contributed by atoms with Gasteiger partial charge in [0.1, 0.15) is 17.1 Å². The summed E-state index contributed by atoms with van der Waals surface area (Å²) in [6.07, 6.45) is 6.83. The van der Waals surface area contributed by atoms with E-state index in [0.29, 0.717) is 45.8 Å². The first-order chi connectivity index (χ1) is 19.4. The zero-order valence-electron chi connectivity index (χ0n) is 22.2.